The van der Waals surface area contributed by atoms with E-state index in [1.165, 1.54) is 0 Å². The zero-order valence-corrected chi connectivity index (χ0v) is 13.4. The smallest absolute Gasteiger partial charge is 0.325 e. The Morgan fingerprint density at radius 3 is 2.50 bits per heavy atom. The van der Waals surface area contributed by atoms with E-state index in [0.29, 0.717) is 18.1 Å². The molecule has 0 saturated carbocycles. The largest absolute Gasteiger partial charge is 0.493 e. The molecule has 2 rings (SSSR count). The number of hydrogen-bond acceptors (Lipinski definition) is 5. The van der Waals surface area contributed by atoms with Gasteiger partial charge in [0.25, 0.3) is 0 Å². The molecule has 22 heavy (non-hydrogen) atoms. The molecule has 0 spiro atoms. The van der Waals surface area contributed by atoms with Crippen molar-refractivity contribution in [2.45, 2.75) is 13.0 Å². The van der Waals surface area contributed by atoms with E-state index in [2.05, 4.69) is 4.90 Å². The van der Waals surface area contributed by atoms with Crippen molar-refractivity contribution in [2.75, 3.05) is 46.9 Å². The Bertz CT molecular complexity index is 513. The van der Waals surface area contributed by atoms with Crippen LogP contribution in [0, 0.1) is 0 Å². The minimum atomic E-state index is -0.837. The number of carboxylic acids is 1. The maximum absolute atomic E-state index is 11.8. The number of aliphatic carboxylic acids is 1. The van der Waals surface area contributed by atoms with E-state index in [1.54, 1.807) is 19.2 Å². The first kappa shape index (κ1) is 16.6. The van der Waals surface area contributed by atoms with E-state index in [1.807, 2.05) is 24.9 Å². The molecule has 1 saturated heterocycles. The second kappa shape index (κ2) is 7.47. The number of likely N-dealkylation sites (N-methyl/N-ethyl adjacent to an activating group) is 1. The molecule has 0 aromatic heterocycles. The summed E-state index contributed by atoms with van der Waals surface area (Å²) in [7, 11) is 3.61. The normalized spacial score (nSPS) is 18.0. The van der Waals surface area contributed by atoms with Crippen LogP contribution in [0.15, 0.2) is 18.2 Å². The van der Waals surface area contributed by atoms with Crippen LogP contribution in [0.5, 0.6) is 11.5 Å². The minimum absolute atomic E-state index is 0.538. The monoisotopic (exact) mass is 308 g/mol. The minimum Gasteiger partial charge on any atom is -0.493 e. The van der Waals surface area contributed by atoms with Crippen molar-refractivity contribution < 1.29 is 19.4 Å². The van der Waals surface area contributed by atoms with Crippen molar-refractivity contribution in [1.29, 1.82) is 0 Å². The number of nitrogens with zero attached hydrogens (tertiary/aromatic N) is 2. The van der Waals surface area contributed by atoms with Crippen LogP contribution in [0.2, 0.25) is 0 Å². The first-order valence-electron chi connectivity index (χ1n) is 7.53. The number of piperazine rings is 1. The van der Waals surface area contributed by atoms with Crippen LogP contribution in [0.3, 0.4) is 0 Å². The summed E-state index contributed by atoms with van der Waals surface area (Å²) < 4.78 is 10.8. The Morgan fingerprint density at radius 1 is 1.27 bits per heavy atom. The van der Waals surface area contributed by atoms with Gasteiger partial charge in [0.1, 0.15) is 6.04 Å². The van der Waals surface area contributed by atoms with Crippen LogP contribution in [-0.2, 0) is 4.79 Å². The molecule has 1 aliphatic heterocycles. The number of benzene rings is 1. The molecule has 1 heterocycles. The molecule has 1 aromatic carbocycles. The zero-order valence-electron chi connectivity index (χ0n) is 13.4. The molecule has 0 aliphatic carbocycles. The lowest BCUT2D eigenvalue weighted by atomic mass is 10.0. The van der Waals surface area contributed by atoms with Gasteiger partial charge in [0.05, 0.1) is 13.7 Å². The van der Waals surface area contributed by atoms with Crippen LogP contribution in [-0.4, -0.2) is 67.8 Å². The van der Waals surface area contributed by atoms with Crippen LogP contribution in [0.25, 0.3) is 0 Å². The molecule has 0 bridgehead atoms. The number of carbonyl (C=O) groups is 1. The molecule has 122 valence electrons. The fourth-order valence-corrected chi connectivity index (χ4v) is 2.72. The summed E-state index contributed by atoms with van der Waals surface area (Å²) in [4.78, 5) is 16.0. The molecule has 1 aliphatic rings. The maximum atomic E-state index is 11.8. The maximum Gasteiger partial charge on any atom is 0.325 e. The predicted octanol–water partition coefficient (Wildman–Crippen LogP) is 1.47. The summed E-state index contributed by atoms with van der Waals surface area (Å²) in [5, 5.41) is 9.65. The SMILES string of the molecule is CCOc1ccc(C(C(=O)O)N2CCN(C)CC2)cc1OC. The summed E-state index contributed by atoms with van der Waals surface area (Å²) >= 11 is 0. The van der Waals surface area contributed by atoms with E-state index in [0.717, 1.165) is 31.7 Å². The molecule has 1 atom stereocenters. The number of carboxylic acid groups (broad SMARTS) is 1. The van der Waals surface area contributed by atoms with Gasteiger partial charge >= 0.3 is 5.97 Å². The Labute approximate surface area is 131 Å². The average molecular weight is 308 g/mol. The second-order valence-corrected chi connectivity index (χ2v) is 5.42. The fourth-order valence-electron chi connectivity index (χ4n) is 2.72. The molecule has 0 amide bonds. The molecule has 1 aromatic rings. The standard InChI is InChI=1S/C16H24N2O4/c1-4-22-13-6-5-12(11-14(13)21-3)15(16(19)20)18-9-7-17(2)8-10-18/h5-6,11,15H,4,7-10H2,1-3H3,(H,19,20). The van der Waals surface area contributed by atoms with Crippen LogP contribution >= 0.6 is 0 Å². The lowest BCUT2D eigenvalue weighted by Gasteiger charge is -2.36. The van der Waals surface area contributed by atoms with Crippen molar-refractivity contribution in [2.24, 2.45) is 0 Å². The van der Waals surface area contributed by atoms with Crippen molar-refractivity contribution >= 4 is 5.97 Å². The van der Waals surface area contributed by atoms with Crippen molar-refractivity contribution in [3.8, 4) is 11.5 Å². The van der Waals surface area contributed by atoms with E-state index in [-0.39, 0.29) is 0 Å². The Morgan fingerprint density at radius 2 is 1.95 bits per heavy atom. The highest BCUT2D eigenvalue weighted by Gasteiger charge is 2.30. The van der Waals surface area contributed by atoms with Gasteiger partial charge in [-0.25, -0.2) is 0 Å². The molecule has 6 nitrogen and oxygen atoms in total. The summed E-state index contributed by atoms with van der Waals surface area (Å²) in [5.41, 5.74) is 0.720. The average Bonchev–Trinajstić information content (AvgIpc) is 2.50. The second-order valence-electron chi connectivity index (χ2n) is 5.42. The number of methoxy groups -OCH3 is 1. The van der Waals surface area contributed by atoms with Gasteiger partial charge in [-0.1, -0.05) is 6.07 Å². The Kier molecular flexibility index (Phi) is 5.63. The molecular weight excluding hydrogens is 284 g/mol. The van der Waals surface area contributed by atoms with Crippen molar-refractivity contribution in [1.82, 2.24) is 9.80 Å². The third-order valence-corrected chi connectivity index (χ3v) is 3.94. The predicted molar refractivity (Wildman–Crippen MR) is 83.6 cm³/mol. The lowest BCUT2D eigenvalue weighted by molar-refractivity contribution is -0.144. The summed E-state index contributed by atoms with van der Waals surface area (Å²) in [5.74, 6) is 0.367. The number of rotatable bonds is 6. The molecule has 1 fully saturated rings. The highest BCUT2D eigenvalue weighted by atomic mass is 16.5. The van der Waals surface area contributed by atoms with Gasteiger partial charge < -0.3 is 19.5 Å². The topological polar surface area (TPSA) is 62.2 Å². The van der Waals surface area contributed by atoms with Crippen molar-refractivity contribution in [3.63, 3.8) is 0 Å². The fraction of sp³-hybridized carbons (Fsp3) is 0.562. The van der Waals surface area contributed by atoms with Gasteiger partial charge in [0.15, 0.2) is 11.5 Å². The van der Waals surface area contributed by atoms with Crippen LogP contribution < -0.4 is 9.47 Å². The summed E-state index contributed by atoms with van der Waals surface area (Å²) in [6.45, 7) is 5.66. The van der Waals surface area contributed by atoms with E-state index in [9.17, 15) is 9.90 Å². The third kappa shape index (κ3) is 3.69. The van der Waals surface area contributed by atoms with Crippen LogP contribution in [0.4, 0.5) is 0 Å². The molecule has 1 N–H and O–H groups in total. The van der Waals surface area contributed by atoms with Gasteiger partial charge in [0, 0.05) is 26.2 Å². The van der Waals surface area contributed by atoms with Gasteiger partial charge in [-0.3, -0.25) is 9.69 Å². The number of ether oxygens (including phenoxy) is 2. The zero-order chi connectivity index (χ0) is 16.1. The van der Waals surface area contributed by atoms with Gasteiger partial charge in [-0.05, 0) is 31.7 Å². The Balaban J connectivity index is 2.26. The van der Waals surface area contributed by atoms with Gasteiger partial charge in [0.2, 0.25) is 0 Å². The lowest BCUT2D eigenvalue weighted by Crippen LogP contribution is -2.47. The van der Waals surface area contributed by atoms with Crippen LogP contribution in [0.1, 0.15) is 18.5 Å². The third-order valence-electron chi connectivity index (χ3n) is 3.94. The molecule has 0 radical (unpaired) electrons. The summed E-state index contributed by atoms with van der Waals surface area (Å²) in [6, 6.07) is 4.70. The first-order valence-corrected chi connectivity index (χ1v) is 7.53. The molecule has 1 unspecified atom stereocenters. The van der Waals surface area contributed by atoms with Gasteiger partial charge in [-0.15, -0.1) is 0 Å². The number of hydrogen-bond donors (Lipinski definition) is 1. The molecule has 6 heteroatoms. The highest BCUT2D eigenvalue weighted by Crippen LogP contribution is 2.32. The van der Waals surface area contributed by atoms with Gasteiger partial charge in [-0.2, -0.15) is 0 Å². The quantitative estimate of drug-likeness (QED) is 0.858. The highest BCUT2D eigenvalue weighted by molar-refractivity contribution is 5.76. The molecular formula is C16H24N2O4. The summed E-state index contributed by atoms with van der Waals surface area (Å²) in [6.07, 6.45) is 0. The van der Waals surface area contributed by atoms with Crippen molar-refractivity contribution in [3.05, 3.63) is 23.8 Å². The first-order chi connectivity index (χ1) is 10.6. The Hall–Kier alpha value is -1.79. The van der Waals surface area contributed by atoms with E-state index >= 15 is 0 Å². The van der Waals surface area contributed by atoms with E-state index < -0.39 is 12.0 Å². The van der Waals surface area contributed by atoms with E-state index in [4.69, 9.17) is 9.47 Å².